The van der Waals surface area contributed by atoms with Crippen LogP contribution in [0.4, 0.5) is 0 Å². The molecule has 0 saturated carbocycles. The number of benzene rings is 1. The highest BCUT2D eigenvalue weighted by molar-refractivity contribution is 6.33. The molecule has 0 N–H and O–H groups in total. The van der Waals surface area contributed by atoms with E-state index in [-0.39, 0.29) is 0 Å². The van der Waals surface area contributed by atoms with Gasteiger partial charge in [0.15, 0.2) is 5.82 Å². The quantitative estimate of drug-likeness (QED) is 0.659. The first-order valence-corrected chi connectivity index (χ1v) is 5.43. The van der Waals surface area contributed by atoms with Crippen molar-refractivity contribution in [3.63, 3.8) is 0 Å². The molecule has 0 unspecified atom stereocenters. The van der Waals surface area contributed by atoms with E-state index in [0.29, 0.717) is 22.3 Å². The summed E-state index contributed by atoms with van der Waals surface area (Å²) >= 11 is 6.10. The molecule has 0 bridgehead atoms. The van der Waals surface area contributed by atoms with Crippen molar-refractivity contribution < 1.29 is 0 Å². The third-order valence-corrected chi connectivity index (χ3v) is 2.78. The van der Waals surface area contributed by atoms with Crippen LogP contribution in [0.2, 0.25) is 5.02 Å². The SMILES string of the molecule is Cc1nnc2nc(-c3ccccc3Cl)cnn12. The minimum absolute atomic E-state index is 0.472. The molecule has 0 aliphatic rings. The lowest BCUT2D eigenvalue weighted by atomic mass is 10.2. The summed E-state index contributed by atoms with van der Waals surface area (Å²) < 4.78 is 1.58. The zero-order valence-corrected chi connectivity index (χ0v) is 9.76. The molecule has 0 aliphatic heterocycles. The van der Waals surface area contributed by atoms with Crippen LogP contribution in [-0.2, 0) is 0 Å². The van der Waals surface area contributed by atoms with Crippen LogP contribution in [0.25, 0.3) is 17.0 Å². The molecule has 3 aromatic rings. The fourth-order valence-electron chi connectivity index (χ4n) is 1.60. The van der Waals surface area contributed by atoms with E-state index in [1.54, 1.807) is 10.7 Å². The Hall–Kier alpha value is -2.01. The summed E-state index contributed by atoms with van der Waals surface area (Å²) in [7, 11) is 0. The number of halogens is 1. The van der Waals surface area contributed by atoms with Crippen molar-refractivity contribution in [1.29, 1.82) is 0 Å². The van der Waals surface area contributed by atoms with Crippen LogP contribution in [0.3, 0.4) is 0 Å². The topological polar surface area (TPSA) is 56.0 Å². The average molecular weight is 246 g/mol. The van der Waals surface area contributed by atoms with Gasteiger partial charge in [-0.1, -0.05) is 29.8 Å². The monoisotopic (exact) mass is 245 g/mol. The van der Waals surface area contributed by atoms with Gasteiger partial charge in [-0.3, -0.25) is 0 Å². The van der Waals surface area contributed by atoms with E-state index >= 15 is 0 Å². The van der Waals surface area contributed by atoms with Gasteiger partial charge in [-0.15, -0.1) is 10.2 Å². The van der Waals surface area contributed by atoms with Crippen LogP contribution in [-0.4, -0.2) is 24.8 Å². The standard InChI is InChI=1S/C11H8ClN5/c1-7-15-16-11-14-10(6-13-17(7)11)8-4-2-3-5-9(8)12/h2-6H,1H3. The minimum Gasteiger partial charge on any atom is -0.208 e. The number of aryl methyl sites for hydroxylation is 1. The van der Waals surface area contributed by atoms with Gasteiger partial charge in [-0.05, 0) is 13.0 Å². The van der Waals surface area contributed by atoms with Crippen LogP contribution >= 0.6 is 11.6 Å². The molecule has 0 saturated heterocycles. The molecule has 84 valence electrons. The second kappa shape index (κ2) is 3.78. The maximum absolute atomic E-state index is 6.10. The van der Waals surface area contributed by atoms with Gasteiger partial charge in [0, 0.05) is 5.56 Å². The average Bonchev–Trinajstić information content (AvgIpc) is 2.71. The van der Waals surface area contributed by atoms with E-state index in [4.69, 9.17) is 11.6 Å². The Morgan fingerprint density at radius 1 is 1.18 bits per heavy atom. The summed E-state index contributed by atoms with van der Waals surface area (Å²) in [6, 6.07) is 7.49. The molecule has 2 heterocycles. The molecule has 0 radical (unpaired) electrons. The summed E-state index contributed by atoms with van der Waals surface area (Å²) in [5.74, 6) is 1.18. The Morgan fingerprint density at radius 3 is 2.82 bits per heavy atom. The van der Waals surface area contributed by atoms with Gasteiger partial charge >= 0.3 is 0 Å². The number of rotatable bonds is 1. The Bertz CT molecular complexity index is 691. The van der Waals surface area contributed by atoms with Crippen LogP contribution in [0.5, 0.6) is 0 Å². The van der Waals surface area contributed by atoms with E-state index in [9.17, 15) is 0 Å². The van der Waals surface area contributed by atoms with Crippen molar-refractivity contribution in [3.8, 4) is 11.3 Å². The number of nitrogens with zero attached hydrogens (tertiary/aromatic N) is 5. The molecule has 6 heteroatoms. The van der Waals surface area contributed by atoms with Gasteiger partial charge < -0.3 is 0 Å². The Balaban J connectivity index is 2.22. The first-order valence-electron chi connectivity index (χ1n) is 5.05. The summed E-state index contributed by atoms with van der Waals surface area (Å²) in [5.41, 5.74) is 1.53. The lowest BCUT2D eigenvalue weighted by molar-refractivity contribution is 0.859. The summed E-state index contributed by atoms with van der Waals surface area (Å²) in [6.45, 7) is 1.82. The first-order chi connectivity index (χ1) is 8.25. The summed E-state index contributed by atoms with van der Waals surface area (Å²) in [4.78, 5) is 4.37. The zero-order chi connectivity index (χ0) is 11.8. The molecule has 17 heavy (non-hydrogen) atoms. The normalized spacial score (nSPS) is 10.9. The number of hydrogen-bond acceptors (Lipinski definition) is 4. The Labute approximate surface area is 102 Å². The van der Waals surface area contributed by atoms with E-state index < -0.39 is 0 Å². The van der Waals surface area contributed by atoms with Gasteiger partial charge in [0.1, 0.15) is 0 Å². The molecule has 0 atom stereocenters. The zero-order valence-electron chi connectivity index (χ0n) is 9.00. The number of aromatic nitrogens is 5. The van der Waals surface area contributed by atoms with Crippen LogP contribution in [0.1, 0.15) is 5.82 Å². The summed E-state index contributed by atoms with van der Waals surface area (Å²) in [6.07, 6.45) is 1.66. The largest absolute Gasteiger partial charge is 0.272 e. The van der Waals surface area contributed by atoms with Gasteiger partial charge in [0.2, 0.25) is 0 Å². The van der Waals surface area contributed by atoms with E-state index in [0.717, 1.165) is 5.56 Å². The van der Waals surface area contributed by atoms with Crippen LogP contribution in [0, 0.1) is 6.92 Å². The fraction of sp³-hybridized carbons (Fsp3) is 0.0909. The van der Waals surface area contributed by atoms with Crippen LogP contribution in [0.15, 0.2) is 30.5 Å². The molecule has 2 aromatic heterocycles. The summed E-state index contributed by atoms with van der Waals surface area (Å²) in [5, 5.41) is 12.7. The molecular weight excluding hydrogens is 238 g/mol. The number of fused-ring (bicyclic) bond motifs is 1. The lowest BCUT2D eigenvalue weighted by Crippen LogP contribution is -1.98. The van der Waals surface area contributed by atoms with Crippen LogP contribution < -0.4 is 0 Å². The third kappa shape index (κ3) is 1.64. The van der Waals surface area contributed by atoms with E-state index in [2.05, 4.69) is 20.3 Å². The fourth-order valence-corrected chi connectivity index (χ4v) is 1.83. The predicted octanol–water partition coefficient (Wildman–Crippen LogP) is 2.15. The van der Waals surface area contributed by atoms with Crippen molar-refractivity contribution in [1.82, 2.24) is 24.8 Å². The van der Waals surface area contributed by atoms with Crippen molar-refractivity contribution in [3.05, 3.63) is 41.3 Å². The second-order valence-corrected chi connectivity index (χ2v) is 3.99. The van der Waals surface area contributed by atoms with E-state index in [1.165, 1.54) is 0 Å². The molecule has 3 rings (SSSR count). The van der Waals surface area contributed by atoms with Crippen molar-refractivity contribution in [2.75, 3.05) is 0 Å². The molecule has 1 aromatic carbocycles. The third-order valence-electron chi connectivity index (χ3n) is 2.45. The molecular formula is C11H8ClN5. The number of hydrogen-bond donors (Lipinski definition) is 0. The van der Waals surface area contributed by atoms with Crippen molar-refractivity contribution >= 4 is 17.4 Å². The highest BCUT2D eigenvalue weighted by Gasteiger charge is 2.08. The highest BCUT2D eigenvalue weighted by atomic mass is 35.5. The minimum atomic E-state index is 0.472. The first kappa shape index (κ1) is 10.2. The van der Waals surface area contributed by atoms with Gasteiger partial charge in [-0.25, -0.2) is 4.98 Å². The van der Waals surface area contributed by atoms with Gasteiger partial charge in [-0.2, -0.15) is 9.61 Å². The Morgan fingerprint density at radius 2 is 2.00 bits per heavy atom. The maximum atomic E-state index is 6.10. The molecule has 0 aliphatic carbocycles. The lowest BCUT2D eigenvalue weighted by Gasteiger charge is -2.02. The second-order valence-electron chi connectivity index (χ2n) is 3.58. The molecule has 0 fully saturated rings. The van der Waals surface area contributed by atoms with Gasteiger partial charge in [0.25, 0.3) is 5.78 Å². The molecule has 0 spiro atoms. The van der Waals surface area contributed by atoms with E-state index in [1.807, 2.05) is 31.2 Å². The highest BCUT2D eigenvalue weighted by Crippen LogP contribution is 2.25. The van der Waals surface area contributed by atoms with Gasteiger partial charge in [0.05, 0.1) is 16.9 Å². The smallest absolute Gasteiger partial charge is 0.208 e. The van der Waals surface area contributed by atoms with Crippen molar-refractivity contribution in [2.45, 2.75) is 6.92 Å². The Kier molecular flexibility index (Phi) is 2.26. The maximum Gasteiger partial charge on any atom is 0.272 e. The predicted molar refractivity (Wildman–Crippen MR) is 63.8 cm³/mol. The molecule has 0 amide bonds. The molecule has 5 nitrogen and oxygen atoms in total. The van der Waals surface area contributed by atoms with Crippen molar-refractivity contribution in [2.24, 2.45) is 0 Å².